The first-order valence-electron chi connectivity index (χ1n) is 10.6. The molecule has 1 atom stereocenters. The van der Waals surface area contributed by atoms with Crippen LogP contribution in [-0.4, -0.2) is 103 Å². The lowest BCUT2D eigenvalue weighted by molar-refractivity contribution is -0.890. The van der Waals surface area contributed by atoms with Crippen molar-refractivity contribution in [1.29, 1.82) is 0 Å². The summed E-state index contributed by atoms with van der Waals surface area (Å²) in [6.07, 6.45) is 0.295. The van der Waals surface area contributed by atoms with Gasteiger partial charge in [-0.05, 0) is 5.56 Å². The Kier molecular flexibility index (Phi) is 14.1. The van der Waals surface area contributed by atoms with Crippen molar-refractivity contribution < 1.29 is 36.4 Å². The van der Waals surface area contributed by atoms with Crippen molar-refractivity contribution in [3.8, 4) is 0 Å². The lowest BCUT2D eigenvalue weighted by Gasteiger charge is -2.29. The van der Waals surface area contributed by atoms with E-state index in [9.17, 15) is 8.42 Å². The maximum Gasteiger partial charge on any atom is 0.265 e. The summed E-state index contributed by atoms with van der Waals surface area (Å²) in [4.78, 5) is 0. The Morgan fingerprint density at radius 3 is 2.00 bits per heavy atom. The minimum atomic E-state index is -3.89. The van der Waals surface area contributed by atoms with Crippen LogP contribution in [0.25, 0.3) is 0 Å². The second kappa shape index (κ2) is 15.7. The molecular formula is C21H39N2O7S+. The molecule has 0 amide bonds. The van der Waals surface area contributed by atoms with Crippen LogP contribution in [0.15, 0.2) is 30.3 Å². The van der Waals surface area contributed by atoms with E-state index in [1.807, 2.05) is 44.4 Å². The molecule has 0 bridgehead atoms. The zero-order valence-electron chi connectivity index (χ0n) is 18.8. The zero-order chi connectivity index (χ0) is 23.0. The van der Waals surface area contributed by atoms with Gasteiger partial charge in [-0.2, -0.15) is 8.42 Å². The zero-order valence-corrected chi connectivity index (χ0v) is 19.6. The van der Waals surface area contributed by atoms with Gasteiger partial charge in [0.1, 0.15) is 6.54 Å². The number of hydrogen-bond donors (Lipinski definition) is 2. The molecule has 0 aliphatic rings. The highest BCUT2D eigenvalue weighted by molar-refractivity contribution is 7.85. The van der Waals surface area contributed by atoms with Crippen molar-refractivity contribution in [1.82, 2.24) is 0 Å². The van der Waals surface area contributed by atoms with Gasteiger partial charge in [0.25, 0.3) is 10.1 Å². The molecule has 0 aliphatic heterocycles. The molecule has 1 aromatic carbocycles. The van der Waals surface area contributed by atoms with E-state index < -0.39 is 10.1 Å². The summed E-state index contributed by atoms with van der Waals surface area (Å²) in [5, 5.41) is 0. The number of benzene rings is 1. The third-order valence-corrected chi connectivity index (χ3v) is 5.49. The molecule has 0 saturated heterocycles. The van der Waals surface area contributed by atoms with Crippen LogP contribution in [0.5, 0.6) is 0 Å². The van der Waals surface area contributed by atoms with Crippen LogP contribution >= 0.6 is 0 Å². The summed E-state index contributed by atoms with van der Waals surface area (Å²) in [7, 11) is 0.112. The van der Waals surface area contributed by atoms with E-state index in [4.69, 9.17) is 29.2 Å². The van der Waals surface area contributed by atoms with Gasteiger partial charge in [-0.25, -0.2) is 0 Å². The van der Waals surface area contributed by atoms with E-state index >= 15 is 0 Å². The monoisotopic (exact) mass is 463 g/mol. The topological polar surface area (TPSA) is 117 Å². The Hall–Kier alpha value is -1.11. The Bertz CT molecular complexity index is 672. The van der Waals surface area contributed by atoms with Crippen molar-refractivity contribution in [2.45, 2.75) is 12.5 Å². The van der Waals surface area contributed by atoms with E-state index in [1.165, 1.54) is 0 Å². The summed E-state index contributed by atoms with van der Waals surface area (Å²) in [5.74, 6) is -0.210. The van der Waals surface area contributed by atoms with E-state index in [0.29, 0.717) is 70.2 Å². The Morgan fingerprint density at radius 1 is 0.903 bits per heavy atom. The predicted molar refractivity (Wildman–Crippen MR) is 120 cm³/mol. The lowest BCUT2D eigenvalue weighted by Crippen LogP contribution is -2.43. The first-order chi connectivity index (χ1) is 14.7. The number of hydrogen-bond acceptors (Lipinski definition) is 7. The molecule has 1 aromatic rings. The molecule has 9 nitrogen and oxygen atoms in total. The van der Waals surface area contributed by atoms with Crippen LogP contribution in [0.2, 0.25) is 0 Å². The highest BCUT2D eigenvalue weighted by atomic mass is 32.2. The number of nitrogens with zero attached hydrogens (tertiary/aromatic N) is 1. The van der Waals surface area contributed by atoms with Gasteiger partial charge in [0, 0.05) is 13.0 Å². The molecule has 0 spiro atoms. The maximum absolute atomic E-state index is 10.8. The van der Waals surface area contributed by atoms with Gasteiger partial charge in [0.05, 0.1) is 78.7 Å². The lowest BCUT2D eigenvalue weighted by atomic mass is 10.1. The van der Waals surface area contributed by atoms with Crippen LogP contribution in [0, 0.1) is 0 Å². The Morgan fingerprint density at radius 2 is 1.45 bits per heavy atom. The Labute approximate surface area is 186 Å². The second-order valence-electron chi connectivity index (χ2n) is 7.87. The average Bonchev–Trinajstić information content (AvgIpc) is 2.71. The largest absolute Gasteiger partial charge is 0.377 e. The summed E-state index contributed by atoms with van der Waals surface area (Å²) >= 11 is 0. The molecule has 180 valence electrons. The van der Waals surface area contributed by atoms with E-state index in [2.05, 4.69) is 0 Å². The highest BCUT2D eigenvalue weighted by Gasteiger charge is 2.16. The molecule has 0 radical (unpaired) electrons. The van der Waals surface area contributed by atoms with Crippen molar-refractivity contribution >= 4 is 10.1 Å². The van der Waals surface area contributed by atoms with Crippen molar-refractivity contribution in [3.05, 3.63) is 35.9 Å². The number of quaternary nitrogens is 1. The molecule has 0 heterocycles. The van der Waals surface area contributed by atoms with Crippen LogP contribution in [0.4, 0.5) is 0 Å². The highest BCUT2D eigenvalue weighted by Crippen LogP contribution is 2.15. The summed E-state index contributed by atoms with van der Waals surface area (Å²) in [6.45, 7) is 5.28. The molecule has 0 saturated carbocycles. The number of rotatable bonds is 19. The van der Waals surface area contributed by atoms with Crippen LogP contribution in [-0.2, 0) is 29.1 Å². The first kappa shape index (κ1) is 27.9. The normalized spacial score (nSPS) is 13.4. The van der Waals surface area contributed by atoms with Gasteiger partial charge in [-0.15, -0.1) is 0 Å². The molecule has 0 fully saturated rings. The van der Waals surface area contributed by atoms with Gasteiger partial charge < -0.3 is 29.2 Å². The van der Waals surface area contributed by atoms with Gasteiger partial charge in [0.2, 0.25) is 0 Å². The molecule has 3 N–H and O–H groups in total. The molecule has 1 rings (SSSR count). The molecule has 10 heteroatoms. The fraction of sp³-hybridized carbons (Fsp3) is 0.714. The number of nitrogens with two attached hydrogens (primary N) is 1. The minimum absolute atomic E-state index is 0.121. The quantitative estimate of drug-likeness (QED) is 0.178. The summed E-state index contributed by atoms with van der Waals surface area (Å²) < 4.78 is 53.2. The number of likely N-dealkylation sites (N-methyl/N-ethyl adjacent to an activating group) is 1. The smallest absolute Gasteiger partial charge is 0.265 e. The van der Waals surface area contributed by atoms with Crippen LogP contribution in [0.3, 0.4) is 0 Å². The van der Waals surface area contributed by atoms with E-state index in [0.717, 1.165) is 12.1 Å². The molecular weight excluding hydrogens is 424 g/mol. The molecule has 0 aliphatic carbocycles. The van der Waals surface area contributed by atoms with Gasteiger partial charge >= 0.3 is 0 Å². The summed E-state index contributed by atoms with van der Waals surface area (Å²) in [6, 6.07) is 9.89. The van der Waals surface area contributed by atoms with E-state index in [1.54, 1.807) is 0 Å². The first-order valence-corrected chi connectivity index (χ1v) is 12.2. The fourth-order valence-corrected chi connectivity index (χ4v) is 3.35. The predicted octanol–water partition coefficient (Wildman–Crippen LogP) is 1.11. The van der Waals surface area contributed by atoms with Gasteiger partial charge in [-0.3, -0.25) is 4.55 Å². The Balaban J connectivity index is 1.93. The fourth-order valence-electron chi connectivity index (χ4n) is 2.86. The molecule has 31 heavy (non-hydrogen) atoms. The standard InChI is InChI=1S/C21H38N2O7S/c1-23(2,9-6-18-31(24,25)26)10-11-27-12-13-28-14-15-29-16-17-30-21(19-22)20-7-4-3-5-8-20/h3-5,7-8,21H,6,9-19,22H2,1-2H3/p+1. The van der Waals surface area contributed by atoms with Crippen LogP contribution in [0.1, 0.15) is 18.1 Å². The molecule has 0 aromatic heterocycles. The number of ether oxygens (including phenoxy) is 4. The molecule has 1 unspecified atom stereocenters. The van der Waals surface area contributed by atoms with Crippen molar-refractivity contribution in [2.24, 2.45) is 5.73 Å². The average molecular weight is 464 g/mol. The van der Waals surface area contributed by atoms with Crippen LogP contribution < -0.4 is 5.73 Å². The SMILES string of the molecule is C[N+](C)(CCCS(=O)(=O)O)CCOCCOCCOCCOC(CN)c1ccccc1. The minimum Gasteiger partial charge on any atom is -0.377 e. The summed E-state index contributed by atoms with van der Waals surface area (Å²) in [5.41, 5.74) is 6.83. The maximum atomic E-state index is 10.8. The van der Waals surface area contributed by atoms with Crippen molar-refractivity contribution in [3.63, 3.8) is 0 Å². The van der Waals surface area contributed by atoms with Crippen molar-refractivity contribution in [2.75, 3.05) is 85.7 Å². The third kappa shape index (κ3) is 15.4. The third-order valence-electron chi connectivity index (χ3n) is 4.68. The van der Waals surface area contributed by atoms with Gasteiger partial charge in [-0.1, -0.05) is 30.3 Å². The van der Waals surface area contributed by atoms with E-state index in [-0.39, 0.29) is 11.9 Å². The van der Waals surface area contributed by atoms with Gasteiger partial charge in [0.15, 0.2) is 0 Å². The second-order valence-corrected chi connectivity index (χ2v) is 9.44.